The van der Waals surface area contributed by atoms with Crippen molar-refractivity contribution in [2.45, 2.75) is 10.9 Å². The molecule has 0 fully saturated rings. The van der Waals surface area contributed by atoms with Gasteiger partial charge in [-0.05, 0) is 0 Å². The van der Waals surface area contributed by atoms with E-state index in [0.29, 0.717) is 6.92 Å². The second kappa shape index (κ2) is 7.08. The average Bonchev–Trinajstić information content (AvgIpc) is 2.58. The van der Waals surface area contributed by atoms with Crippen LogP contribution in [-0.4, -0.2) is 0 Å². The van der Waals surface area contributed by atoms with E-state index in [1.807, 2.05) is 0 Å². The summed E-state index contributed by atoms with van der Waals surface area (Å²) in [5, 5.41) is 0. The molecule has 0 saturated heterocycles. The van der Waals surface area contributed by atoms with Crippen LogP contribution in [-0.2, 0) is 22.9 Å². The topological polar surface area (TPSA) is 0 Å². The molecular weight excluding hydrogens is 537 g/mol. The molecule has 2 aromatic rings. The Hall–Kier alpha value is -1.39. The van der Waals surface area contributed by atoms with Crippen LogP contribution < -0.4 is 3.32 Å². The molecule has 0 spiro atoms. The molecule has 2 aromatic carbocycles. The summed E-state index contributed by atoms with van der Waals surface area (Å²) >= 11 is -3.87. The van der Waals surface area contributed by atoms with E-state index in [4.69, 9.17) is 0 Å². The molecule has 0 saturated carbocycles. The third-order valence-electron chi connectivity index (χ3n) is 3.25. The van der Waals surface area contributed by atoms with Crippen LogP contribution in [0.3, 0.4) is 0 Å². The van der Waals surface area contributed by atoms with Crippen molar-refractivity contribution in [2.75, 3.05) is 0 Å². The molecule has 0 radical (unpaired) electrons. The van der Waals surface area contributed by atoms with Crippen molar-refractivity contribution < 1.29 is 66.8 Å². The molecule has 2 rings (SSSR count). The fourth-order valence-electron chi connectivity index (χ4n) is 1.91. The number of rotatable bonds is 3. The number of hydrogen-bond acceptors (Lipinski definition) is 0. The van der Waals surface area contributed by atoms with Crippen molar-refractivity contribution in [2.24, 2.45) is 0 Å². The van der Waals surface area contributed by atoms with Crippen LogP contribution in [0.15, 0.2) is 0 Å². The normalized spacial score (nSPS) is 12.4. The molecule has 134 valence electrons. The van der Waals surface area contributed by atoms with Crippen LogP contribution in [0, 0.1) is 59.3 Å². The van der Waals surface area contributed by atoms with Gasteiger partial charge in [0.25, 0.3) is 0 Å². The van der Waals surface area contributed by atoms with E-state index in [1.165, 1.54) is 0 Å². The van der Waals surface area contributed by atoms with Crippen LogP contribution in [0.25, 0.3) is 0 Å². The van der Waals surface area contributed by atoms with Gasteiger partial charge in [0.05, 0.1) is 0 Å². The summed E-state index contributed by atoms with van der Waals surface area (Å²) < 4.78 is 130. The van der Waals surface area contributed by atoms with Crippen LogP contribution in [0.5, 0.6) is 0 Å². The molecule has 25 heavy (non-hydrogen) atoms. The van der Waals surface area contributed by atoms with Crippen LogP contribution in [0.1, 0.15) is 15.1 Å². The first-order chi connectivity index (χ1) is 11.5. The van der Waals surface area contributed by atoms with Gasteiger partial charge >= 0.3 is 144 Å². The minimum absolute atomic E-state index is 0.667. The summed E-state index contributed by atoms with van der Waals surface area (Å²) in [5.74, 6) is -19.9. The van der Waals surface area contributed by atoms with E-state index in [9.17, 15) is 43.9 Å². The third kappa shape index (κ3) is 3.22. The first kappa shape index (κ1) is 19.9. The number of halogens is 10. The van der Waals surface area contributed by atoms with Crippen molar-refractivity contribution in [3.63, 3.8) is 0 Å². The van der Waals surface area contributed by atoms with E-state index < -0.39 is 93.6 Å². The number of alkyl halides is 1. The van der Waals surface area contributed by atoms with Crippen LogP contribution in [0.2, 0.25) is 0 Å². The second-order valence-electron chi connectivity index (χ2n) is 4.75. The van der Waals surface area contributed by atoms with Crippen LogP contribution in [0.4, 0.5) is 43.9 Å². The molecule has 0 nitrogen and oxygen atoms in total. The van der Waals surface area contributed by atoms with Gasteiger partial charge in [-0.3, -0.25) is 0 Å². The summed E-state index contributed by atoms with van der Waals surface area (Å²) in [7, 11) is 0. The van der Waals surface area contributed by atoms with Gasteiger partial charge in [-0.15, -0.1) is 0 Å². The van der Waals surface area contributed by atoms with Crippen molar-refractivity contribution in [1.29, 1.82) is 0 Å². The SMILES string of the molecule is Cc1c(F)c(F)c([CH](F)[Hf][c]2c(F)c(F)c(F)c(F)c2F)c(F)c1F. The monoisotopic (exact) mass is 542 g/mol. The quantitative estimate of drug-likeness (QED) is 0.231. The summed E-state index contributed by atoms with van der Waals surface area (Å²) in [6.07, 6.45) is 0. The molecule has 1 atom stereocenters. The fraction of sp³-hybridized carbons (Fsp3) is 0.143. The molecule has 0 aliphatic heterocycles. The van der Waals surface area contributed by atoms with Gasteiger partial charge in [-0.25, -0.2) is 0 Å². The average molecular weight is 541 g/mol. The Morgan fingerprint density at radius 3 is 1.32 bits per heavy atom. The molecule has 0 aliphatic rings. The molecule has 0 aliphatic carbocycles. The Balaban J connectivity index is 2.58. The Bertz CT molecular complexity index is 806. The summed E-state index contributed by atoms with van der Waals surface area (Å²) in [5.41, 5.74) is -2.86. The van der Waals surface area contributed by atoms with Gasteiger partial charge in [0, 0.05) is 0 Å². The van der Waals surface area contributed by atoms with E-state index in [1.54, 1.807) is 0 Å². The van der Waals surface area contributed by atoms with Gasteiger partial charge in [0.1, 0.15) is 0 Å². The molecule has 0 heterocycles. The van der Waals surface area contributed by atoms with Crippen molar-refractivity contribution in [3.05, 3.63) is 63.5 Å². The fourth-order valence-corrected chi connectivity index (χ4v) is 5.95. The molecule has 0 aromatic heterocycles. The maximum absolute atomic E-state index is 14.2. The summed E-state index contributed by atoms with van der Waals surface area (Å²) in [6.45, 7) is 0.667. The minimum atomic E-state index is -3.87. The third-order valence-corrected chi connectivity index (χ3v) is 7.81. The van der Waals surface area contributed by atoms with E-state index in [0.717, 1.165) is 0 Å². The summed E-state index contributed by atoms with van der Waals surface area (Å²) in [4.78, 5) is 0. The first-order valence-electron chi connectivity index (χ1n) is 6.25. The molecule has 0 bridgehead atoms. The van der Waals surface area contributed by atoms with Crippen molar-refractivity contribution >= 4 is 3.32 Å². The Labute approximate surface area is 144 Å². The van der Waals surface area contributed by atoms with E-state index in [2.05, 4.69) is 0 Å². The van der Waals surface area contributed by atoms with Gasteiger partial charge in [-0.1, -0.05) is 0 Å². The predicted molar refractivity (Wildman–Crippen MR) is 60.7 cm³/mol. The number of hydrogen-bond donors (Lipinski definition) is 0. The Kier molecular flexibility index (Phi) is 5.65. The Morgan fingerprint density at radius 2 is 0.920 bits per heavy atom. The van der Waals surface area contributed by atoms with Crippen molar-refractivity contribution in [3.8, 4) is 0 Å². The van der Waals surface area contributed by atoms with Gasteiger partial charge in [0.2, 0.25) is 0 Å². The Morgan fingerprint density at radius 1 is 0.560 bits per heavy atom. The van der Waals surface area contributed by atoms with E-state index >= 15 is 0 Å². The van der Waals surface area contributed by atoms with E-state index in [-0.39, 0.29) is 0 Å². The standard InChI is InChI=1S/C8H4F5.C6F5.Hf/c1-3-5(10)7(12)4(2-9)8(13)6(3)11;7-2-1-3(8)5(10)6(11)4(2)9;/h2H,1H3;;. The van der Waals surface area contributed by atoms with Gasteiger partial charge in [0.15, 0.2) is 0 Å². The molecule has 11 heteroatoms. The first-order valence-corrected chi connectivity index (χ1v) is 10.1. The maximum atomic E-state index is 14.2. The zero-order valence-corrected chi connectivity index (χ0v) is 15.4. The number of benzene rings is 2. The van der Waals surface area contributed by atoms with Gasteiger partial charge < -0.3 is 0 Å². The van der Waals surface area contributed by atoms with Crippen LogP contribution >= 0.6 is 0 Å². The van der Waals surface area contributed by atoms with Gasteiger partial charge in [-0.2, -0.15) is 0 Å². The summed E-state index contributed by atoms with van der Waals surface area (Å²) in [6, 6.07) is 0. The molecule has 0 N–H and O–H groups in total. The zero-order chi connectivity index (χ0) is 19.2. The molecular formula is C14H4F10Hf. The molecule has 1 unspecified atom stereocenters. The molecule has 0 amide bonds. The predicted octanol–water partition coefficient (Wildman–Crippen LogP) is 4.62. The second-order valence-corrected chi connectivity index (χ2v) is 9.40. The zero-order valence-electron chi connectivity index (χ0n) is 11.9. The van der Waals surface area contributed by atoms with Crippen molar-refractivity contribution in [1.82, 2.24) is 0 Å².